The van der Waals surface area contributed by atoms with Crippen LogP contribution in [0.4, 0.5) is 22.0 Å². The topological polar surface area (TPSA) is 20.3 Å². The summed E-state index contributed by atoms with van der Waals surface area (Å²) in [5.74, 6) is -11.4. The lowest BCUT2D eigenvalue weighted by atomic mass is 9.91. The molecule has 7 heteroatoms. The van der Waals surface area contributed by atoms with Crippen molar-refractivity contribution in [2.75, 3.05) is 0 Å². The van der Waals surface area contributed by atoms with Crippen molar-refractivity contribution in [3.05, 3.63) is 11.8 Å². The second-order valence-electron chi connectivity index (χ2n) is 3.49. The van der Waals surface area contributed by atoms with E-state index < -0.39 is 40.6 Å². The minimum absolute atomic E-state index is 1.04. The van der Waals surface area contributed by atoms with Gasteiger partial charge in [-0.1, -0.05) is 18.3 Å². The molecule has 0 amide bonds. The summed E-state index contributed by atoms with van der Waals surface area (Å²) in [4.78, 5) is 10.7. The van der Waals surface area contributed by atoms with E-state index >= 15 is 0 Å². The van der Waals surface area contributed by atoms with Crippen LogP contribution in [-0.2, 0) is 4.79 Å². The monoisotopic (exact) mass is 229 g/mol. The van der Waals surface area contributed by atoms with Crippen LogP contribution in [0.2, 0.25) is 0 Å². The number of Topliss-reactive ketones (excluding diaryl/α,β-unsaturated/α-hetero) is 1. The second-order valence-corrected chi connectivity index (χ2v) is 3.49. The van der Waals surface area contributed by atoms with Crippen molar-refractivity contribution >= 4 is 5.78 Å². The molecule has 0 spiro atoms. The normalized spacial score (nSPS) is 32.9. The molecule has 0 saturated carbocycles. The Balaban J connectivity index is 3.30. The Morgan fingerprint density at radius 2 is 1.87 bits per heavy atom. The number of rotatable bonds is 1. The van der Waals surface area contributed by atoms with Gasteiger partial charge in [-0.15, -0.1) is 5.12 Å². The molecule has 1 aliphatic heterocycles. The van der Waals surface area contributed by atoms with Crippen molar-refractivity contribution in [2.45, 2.75) is 25.8 Å². The molecule has 2 nitrogen and oxygen atoms in total. The van der Waals surface area contributed by atoms with Crippen LogP contribution < -0.4 is 0 Å². The van der Waals surface area contributed by atoms with Crippen LogP contribution in [0.1, 0.15) is 13.8 Å². The van der Waals surface area contributed by atoms with Crippen molar-refractivity contribution in [3.8, 4) is 0 Å². The Hall–Kier alpha value is -1.14. The number of hydrogen-bond donors (Lipinski definition) is 0. The number of carbonyl (C=O) groups is 1. The number of ketones is 1. The van der Waals surface area contributed by atoms with Gasteiger partial charge in [-0.05, 0) is 0 Å². The average molecular weight is 229 g/mol. The molecule has 0 radical (unpaired) electrons. The van der Waals surface area contributed by atoms with Crippen LogP contribution in [0.3, 0.4) is 0 Å². The highest BCUT2D eigenvalue weighted by Crippen LogP contribution is 2.42. The lowest BCUT2D eigenvalue weighted by Gasteiger charge is -2.38. The van der Waals surface area contributed by atoms with Gasteiger partial charge in [0.25, 0.3) is 11.7 Å². The minimum atomic E-state index is -3.50. The first-order valence-corrected chi connectivity index (χ1v) is 4.13. The van der Waals surface area contributed by atoms with Crippen molar-refractivity contribution in [1.29, 1.82) is 0 Å². The molecule has 2 atom stereocenters. The van der Waals surface area contributed by atoms with E-state index in [-0.39, 0.29) is 0 Å². The molecule has 86 valence electrons. The number of carbonyl (C=O) groups excluding carboxylic acids is 1. The van der Waals surface area contributed by atoms with Crippen LogP contribution in [0.15, 0.2) is 11.8 Å². The average Bonchev–Trinajstić information content (AvgIpc) is 2.20. The Morgan fingerprint density at radius 1 is 1.40 bits per heavy atom. The summed E-state index contributed by atoms with van der Waals surface area (Å²) >= 11 is 0. The fourth-order valence-corrected chi connectivity index (χ4v) is 1.25. The molecule has 1 rings (SSSR count). The summed E-state index contributed by atoms with van der Waals surface area (Å²) in [7, 11) is 0. The SMILES string of the molecule is CC(C)C1(F)C(F)C(=O)C(F)=C(F)N1F. The van der Waals surface area contributed by atoms with E-state index in [1.165, 1.54) is 0 Å². The first kappa shape index (κ1) is 11.9. The minimum Gasteiger partial charge on any atom is -0.288 e. The molecule has 0 aliphatic carbocycles. The van der Waals surface area contributed by atoms with Crippen molar-refractivity contribution in [2.24, 2.45) is 5.92 Å². The summed E-state index contributed by atoms with van der Waals surface area (Å²) in [6, 6.07) is 0. The Kier molecular flexibility index (Phi) is 2.75. The molecule has 0 aromatic rings. The van der Waals surface area contributed by atoms with Crippen molar-refractivity contribution < 1.29 is 26.8 Å². The number of nitrogens with zero attached hydrogens (tertiary/aromatic N) is 1. The molecular weight excluding hydrogens is 221 g/mol. The largest absolute Gasteiger partial charge is 0.288 e. The highest BCUT2D eigenvalue weighted by Gasteiger charge is 2.59. The van der Waals surface area contributed by atoms with Gasteiger partial charge in [0.1, 0.15) is 0 Å². The third-order valence-corrected chi connectivity index (χ3v) is 2.27. The predicted molar refractivity (Wildman–Crippen MR) is 40.8 cm³/mol. The molecular formula is C8H8F5NO. The zero-order chi connectivity index (χ0) is 12.0. The second kappa shape index (κ2) is 3.46. The van der Waals surface area contributed by atoms with E-state index in [4.69, 9.17) is 0 Å². The quantitative estimate of drug-likeness (QED) is 0.391. The summed E-state index contributed by atoms with van der Waals surface area (Å²) in [6.07, 6.45) is -3.08. The van der Waals surface area contributed by atoms with Crippen molar-refractivity contribution in [1.82, 2.24) is 5.12 Å². The lowest BCUT2D eigenvalue weighted by Crippen LogP contribution is -2.57. The molecule has 0 N–H and O–H groups in total. The van der Waals surface area contributed by atoms with Gasteiger partial charge >= 0.3 is 0 Å². The zero-order valence-electron chi connectivity index (χ0n) is 7.90. The van der Waals surface area contributed by atoms with Gasteiger partial charge in [-0.2, -0.15) is 8.78 Å². The van der Waals surface area contributed by atoms with Gasteiger partial charge < -0.3 is 0 Å². The maximum absolute atomic E-state index is 13.7. The highest BCUT2D eigenvalue weighted by atomic mass is 19.2. The smallest absolute Gasteiger partial charge is 0.260 e. The Morgan fingerprint density at radius 3 is 2.27 bits per heavy atom. The first-order chi connectivity index (χ1) is 6.74. The summed E-state index contributed by atoms with van der Waals surface area (Å²) < 4.78 is 64.9. The van der Waals surface area contributed by atoms with Crippen LogP contribution >= 0.6 is 0 Å². The summed E-state index contributed by atoms with van der Waals surface area (Å²) in [5, 5.41) is -1.31. The molecule has 1 aliphatic rings. The summed E-state index contributed by atoms with van der Waals surface area (Å²) in [6.45, 7) is 2.09. The fourth-order valence-electron chi connectivity index (χ4n) is 1.25. The van der Waals surface area contributed by atoms with Crippen molar-refractivity contribution in [3.63, 3.8) is 0 Å². The third-order valence-electron chi connectivity index (χ3n) is 2.27. The van der Waals surface area contributed by atoms with Crippen LogP contribution in [0.25, 0.3) is 0 Å². The molecule has 15 heavy (non-hydrogen) atoms. The molecule has 0 saturated heterocycles. The maximum atomic E-state index is 13.7. The Bertz CT molecular complexity index is 329. The van der Waals surface area contributed by atoms with Gasteiger partial charge in [0.05, 0.1) is 0 Å². The number of allylic oxidation sites excluding steroid dienone is 1. The highest BCUT2D eigenvalue weighted by molar-refractivity contribution is 5.98. The van der Waals surface area contributed by atoms with E-state index in [2.05, 4.69) is 0 Å². The number of alkyl halides is 2. The Labute approximate surface area is 82.3 Å². The first-order valence-electron chi connectivity index (χ1n) is 4.13. The van der Waals surface area contributed by atoms with Crippen LogP contribution in [0.5, 0.6) is 0 Å². The van der Waals surface area contributed by atoms with Gasteiger partial charge in [-0.3, -0.25) is 4.79 Å². The van der Waals surface area contributed by atoms with Gasteiger partial charge in [0.2, 0.25) is 17.8 Å². The molecule has 0 bridgehead atoms. The van der Waals surface area contributed by atoms with Crippen LogP contribution in [0, 0.1) is 5.92 Å². The van der Waals surface area contributed by atoms with E-state index in [9.17, 15) is 26.8 Å². The zero-order valence-corrected chi connectivity index (χ0v) is 7.90. The standard InChI is InChI=1S/C8H8F5NO/c1-3(2)8(12)6(10)5(15)4(9)7(11)14(8)13/h3,6H,1-2H3. The molecule has 0 aromatic carbocycles. The predicted octanol–water partition coefficient (Wildman–Crippen LogP) is 2.52. The van der Waals surface area contributed by atoms with E-state index in [1.54, 1.807) is 0 Å². The molecule has 1 heterocycles. The van der Waals surface area contributed by atoms with E-state index in [0.29, 0.717) is 0 Å². The van der Waals surface area contributed by atoms with E-state index in [1.807, 2.05) is 0 Å². The third kappa shape index (κ3) is 1.40. The van der Waals surface area contributed by atoms with Gasteiger partial charge in [-0.25, -0.2) is 8.78 Å². The summed E-state index contributed by atoms with van der Waals surface area (Å²) in [5.41, 5.74) is 0. The van der Waals surface area contributed by atoms with Gasteiger partial charge in [0, 0.05) is 5.92 Å². The number of halogens is 5. The maximum Gasteiger partial charge on any atom is 0.260 e. The van der Waals surface area contributed by atoms with Crippen LogP contribution in [-0.4, -0.2) is 22.9 Å². The molecule has 2 unspecified atom stereocenters. The van der Waals surface area contributed by atoms with Gasteiger partial charge in [0.15, 0.2) is 0 Å². The fraction of sp³-hybridized carbons (Fsp3) is 0.625. The van der Waals surface area contributed by atoms with E-state index in [0.717, 1.165) is 13.8 Å². The molecule has 0 aromatic heterocycles. The number of hydrogen-bond acceptors (Lipinski definition) is 2. The molecule has 0 fully saturated rings. The lowest BCUT2D eigenvalue weighted by molar-refractivity contribution is -0.213.